The highest BCUT2D eigenvalue weighted by Crippen LogP contribution is 2.28. The molecule has 0 aliphatic carbocycles. The van der Waals surface area contributed by atoms with Gasteiger partial charge in [-0.05, 0) is 85.9 Å². The number of piperidine rings is 1. The second kappa shape index (κ2) is 8.45. The number of hydrogen-bond acceptors (Lipinski definition) is 2. The highest BCUT2D eigenvalue weighted by atomic mass is 16.1. The number of pyridine rings is 1. The quantitative estimate of drug-likeness (QED) is 0.453. The zero-order valence-electron chi connectivity index (χ0n) is 17.3. The van der Waals surface area contributed by atoms with Crippen LogP contribution >= 0.6 is 0 Å². The molecule has 0 spiro atoms. The Bertz CT molecular complexity index is 1200. The molecular weight excluding hydrogens is 368 g/mol. The van der Waals surface area contributed by atoms with Crippen molar-refractivity contribution < 1.29 is 0 Å². The topological polar surface area (TPSA) is 36.1 Å². The summed E-state index contributed by atoms with van der Waals surface area (Å²) in [7, 11) is 0. The molecule has 1 saturated heterocycles. The largest absolute Gasteiger partial charge is 0.321 e. The molecule has 0 radical (unpaired) electrons. The lowest BCUT2D eigenvalue weighted by atomic mass is 9.89. The van der Waals surface area contributed by atoms with Crippen LogP contribution < -0.4 is 5.56 Å². The number of aryl methyl sites for hydroxylation is 1. The van der Waals surface area contributed by atoms with E-state index < -0.39 is 0 Å². The molecular formula is C27H28N2O. The van der Waals surface area contributed by atoms with Crippen molar-refractivity contribution in [1.82, 2.24) is 9.88 Å². The summed E-state index contributed by atoms with van der Waals surface area (Å²) in [6, 6.07) is 25.3. The number of nitrogens with zero attached hydrogens (tertiary/aromatic N) is 1. The summed E-state index contributed by atoms with van der Waals surface area (Å²) in [4.78, 5) is 17.9. The highest BCUT2D eigenvalue weighted by Gasteiger charge is 2.19. The molecule has 1 fully saturated rings. The first-order valence-corrected chi connectivity index (χ1v) is 11.1. The maximum Gasteiger partial charge on any atom is 0.256 e. The van der Waals surface area contributed by atoms with Gasteiger partial charge < -0.3 is 9.88 Å². The number of hydrogen-bond donors (Lipinski definition) is 1. The highest BCUT2D eigenvalue weighted by molar-refractivity contribution is 6.05. The third-order valence-electron chi connectivity index (χ3n) is 6.59. The number of H-pyrrole nitrogens is 1. The minimum Gasteiger partial charge on any atom is -0.321 e. The molecule has 4 aromatic rings. The van der Waals surface area contributed by atoms with Gasteiger partial charge in [0.1, 0.15) is 0 Å². The van der Waals surface area contributed by atoms with Crippen molar-refractivity contribution in [1.29, 1.82) is 0 Å². The van der Waals surface area contributed by atoms with Gasteiger partial charge in [-0.2, -0.15) is 0 Å². The summed E-state index contributed by atoms with van der Waals surface area (Å²) in [6.45, 7) is 3.55. The van der Waals surface area contributed by atoms with Gasteiger partial charge in [-0.15, -0.1) is 0 Å². The van der Waals surface area contributed by atoms with Gasteiger partial charge in [-0.3, -0.25) is 4.79 Å². The SMILES string of the molecule is O=c1[nH]c2ccc(CCCN3CCC(c4ccccc4)CC3)cc2c2ccccc12. The molecule has 1 aliphatic rings. The number of fused-ring (bicyclic) bond motifs is 3. The van der Waals surface area contributed by atoms with Crippen LogP contribution in [0.4, 0.5) is 0 Å². The van der Waals surface area contributed by atoms with Crippen LogP contribution in [0.15, 0.2) is 77.6 Å². The van der Waals surface area contributed by atoms with Gasteiger partial charge in [0.15, 0.2) is 0 Å². The lowest BCUT2D eigenvalue weighted by molar-refractivity contribution is 0.210. The predicted molar refractivity (Wildman–Crippen MR) is 125 cm³/mol. The number of aromatic nitrogens is 1. The fourth-order valence-electron chi connectivity index (χ4n) is 4.91. The minimum absolute atomic E-state index is 0.00949. The lowest BCUT2D eigenvalue weighted by Crippen LogP contribution is -2.33. The molecule has 2 heterocycles. The number of nitrogens with one attached hydrogen (secondary N) is 1. The summed E-state index contributed by atoms with van der Waals surface area (Å²) >= 11 is 0. The van der Waals surface area contributed by atoms with Crippen molar-refractivity contribution >= 4 is 21.7 Å². The average Bonchev–Trinajstić information content (AvgIpc) is 2.81. The zero-order valence-corrected chi connectivity index (χ0v) is 17.3. The van der Waals surface area contributed by atoms with E-state index in [4.69, 9.17) is 0 Å². The fraction of sp³-hybridized carbons (Fsp3) is 0.296. The number of rotatable bonds is 5. The fourth-order valence-corrected chi connectivity index (χ4v) is 4.91. The van der Waals surface area contributed by atoms with E-state index in [-0.39, 0.29) is 5.56 Å². The van der Waals surface area contributed by atoms with E-state index in [1.165, 1.54) is 43.5 Å². The van der Waals surface area contributed by atoms with Crippen LogP contribution in [0.25, 0.3) is 21.7 Å². The Morgan fingerprint density at radius 2 is 1.57 bits per heavy atom. The van der Waals surface area contributed by atoms with E-state index in [0.717, 1.165) is 40.6 Å². The number of benzene rings is 3. The molecule has 3 aromatic carbocycles. The summed E-state index contributed by atoms with van der Waals surface area (Å²) in [5, 5.41) is 2.95. The standard InChI is InChI=1S/C27H28N2O/c30-27-24-11-5-4-10-23(24)25-19-20(12-13-26(25)28-27)7-6-16-29-17-14-22(15-18-29)21-8-2-1-3-9-21/h1-5,8-13,19,22H,6-7,14-18H2,(H,28,30). The Balaban J connectivity index is 1.21. The van der Waals surface area contributed by atoms with Gasteiger partial charge in [0.05, 0.1) is 0 Å². The first-order valence-electron chi connectivity index (χ1n) is 11.1. The van der Waals surface area contributed by atoms with Gasteiger partial charge >= 0.3 is 0 Å². The van der Waals surface area contributed by atoms with Gasteiger partial charge in [0.2, 0.25) is 0 Å². The van der Waals surface area contributed by atoms with E-state index in [1.807, 2.05) is 24.3 Å². The van der Waals surface area contributed by atoms with Crippen molar-refractivity contribution in [3.05, 3.63) is 94.3 Å². The third-order valence-corrected chi connectivity index (χ3v) is 6.59. The summed E-state index contributed by atoms with van der Waals surface area (Å²) in [5.74, 6) is 0.721. The minimum atomic E-state index is -0.00949. The van der Waals surface area contributed by atoms with E-state index in [2.05, 4.69) is 58.4 Å². The van der Waals surface area contributed by atoms with Crippen LogP contribution in [0.3, 0.4) is 0 Å². The zero-order chi connectivity index (χ0) is 20.3. The van der Waals surface area contributed by atoms with Crippen molar-refractivity contribution in [3.63, 3.8) is 0 Å². The Hall–Kier alpha value is -2.91. The number of aromatic amines is 1. The first-order chi connectivity index (χ1) is 14.8. The number of likely N-dealkylation sites (tertiary alicyclic amines) is 1. The average molecular weight is 397 g/mol. The van der Waals surface area contributed by atoms with Crippen molar-refractivity contribution in [2.75, 3.05) is 19.6 Å². The molecule has 30 heavy (non-hydrogen) atoms. The lowest BCUT2D eigenvalue weighted by Gasteiger charge is -2.32. The van der Waals surface area contributed by atoms with E-state index in [9.17, 15) is 4.79 Å². The Labute approximate surface area is 177 Å². The van der Waals surface area contributed by atoms with Gasteiger partial charge in [0, 0.05) is 16.3 Å². The van der Waals surface area contributed by atoms with Crippen LogP contribution in [-0.4, -0.2) is 29.5 Å². The predicted octanol–water partition coefficient (Wildman–Crippen LogP) is 5.49. The molecule has 1 N–H and O–H groups in total. The molecule has 0 bridgehead atoms. The molecule has 152 valence electrons. The summed E-state index contributed by atoms with van der Waals surface area (Å²) in [6.07, 6.45) is 4.77. The van der Waals surface area contributed by atoms with Crippen molar-refractivity contribution in [2.24, 2.45) is 0 Å². The molecule has 3 heteroatoms. The molecule has 1 aromatic heterocycles. The molecule has 5 rings (SSSR count). The first kappa shape index (κ1) is 19.1. The van der Waals surface area contributed by atoms with Gasteiger partial charge in [-0.1, -0.05) is 54.6 Å². The molecule has 0 saturated carbocycles. The summed E-state index contributed by atoms with van der Waals surface area (Å²) in [5.41, 5.74) is 3.76. The Morgan fingerprint density at radius 1 is 0.833 bits per heavy atom. The monoisotopic (exact) mass is 396 g/mol. The van der Waals surface area contributed by atoms with Crippen molar-refractivity contribution in [3.8, 4) is 0 Å². The molecule has 1 aliphatic heterocycles. The third kappa shape index (κ3) is 3.90. The second-order valence-electron chi connectivity index (χ2n) is 8.51. The van der Waals surface area contributed by atoms with Crippen LogP contribution in [-0.2, 0) is 6.42 Å². The van der Waals surface area contributed by atoms with Crippen LogP contribution in [0, 0.1) is 0 Å². The van der Waals surface area contributed by atoms with E-state index in [1.54, 1.807) is 0 Å². The van der Waals surface area contributed by atoms with Gasteiger partial charge in [-0.25, -0.2) is 0 Å². The maximum absolute atomic E-state index is 12.3. The van der Waals surface area contributed by atoms with Crippen LogP contribution in [0.2, 0.25) is 0 Å². The van der Waals surface area contributed by atoms with Crippen molar-refractivity contribution in [2.45, 2.75) is 31.6 Å². The Morgan fingerprint density at radius 3 is 2.37 bits per heavy atom. The second-order valence-corrected chi connectivity index (χ2v) is 8.51. The van der Waals surface area contributed by atoms with Gasteiger partial charge in [0.25, 0.3) is 5.56 Å². The summed E-state index contributed by atoms with van der Waals surface area (Å²) < 4.78 is 0. The van der Waals surface area contributed by atoms with E-state index in [0.29, 0.717) is 0 Å². The van der Waals surface area contributed by atoms with Crippen LogP contribution in [0.1, 0.15) is 36.3 Å². The smallest absolute Gasteiger partial charge is 0.256 e. The molecule has 0 unspecified atom stereocenters. The molecule has 0 atom stereocenters. The maximum atomic E-state index is 12.3. The Kier molecular flexibility index (Phi) is 5.37. The normalized spacial score (nSPS) is 15.7. The van der Waals surface area contributed by atoms with E-state index >= 15 is 0 Å². The van der Waals surface area contributed by atoms with Crippen LogP contribution in [0.5, 0.6) is 0 Å². The molecule has 0 amide bonds. The molecule has 3 nitrogen and oxygen atoms in total.